The topological polar surface area (TPSA) is 108 Å². The average Bonchev–Trinajstić information content (AvgIpc) is 2.85. The Balaban J connectivity index is 1.49. The van der Waals surface area contributed by atoms with Crippen LogP contribution in [-0.2, 0) is 9.47 Å². The van der Waals surface area contributed by atoms with Crippen molar-refractivity contribution < 1.29 is 19.4 Å². The Labute approximate surface area is 193 Å². The molecule has 9 nitrogen and oxygen atoms in total. The molecule has 0 saturated carbocycles. The summed E-state index contributed by atoms with van der Waals surface area (Å²) in [7, 11) is 0. The third-order valence-corrected chi connectivity index (χ3v) is 5.70. The molecule has 0 aliphatic carbocycles. The number of morpholine rings is 1. The second kappa shape index (κ2) is 11.6. The summed E-state index contributed by atoms with van der Waals surface area (Å²) in [5.41, 5.74) is 1.56. The summed E-state index contributed by atoms with van der Waals surface area (Å²) < 4.78 is 11.6. The minimum absolute atomic E-state index is 0.190. The molecule has 3 aliphatic heterocycles. The number of guanidine groups is 1. The number of benzene rings is 1. The van der Waals surface area contributed by atoms with Gasteiger partial charge in [-0.1, -0.05) is 12.2 Å². The fourth-order valence-electron chi connectivity index (χ4n) is 3.97. The highest BCUT2D eigenvalue weighted by atomic mass is 16.5. The lowest BCUT2D eigenvalue weighted by Gasteiger charge is -2.30. The third kappa shape index (κ3) is 6.66. The van der Waals surface area contributed by atoms with Gasteiger partial charge in [0.2, 0.25) is 5.96 Å². The zero-order valence-corrected chi connectivity index (χ0v) is 18.7. The van der Waals surface area contributed by atoms with Crippen LogP contribution in [0.2, 0.25) is 0 Å². The lowest BCUT2D eigenvalue weighted by Crippen LogP contribution is -2.37. The second-order valence-electron chi connectivity index (χ2n) is 8.08. The molecule has 0 atom stereocenters. The summed E-state index contributed by atoms with van der Waals surface area (Å²) in [4.78, 5) is 23.0. The van der Waals surface area contributed by atoms with Crippen molar-refractivity contribution in [3.63, 3.8) is 0 Å². The van der Waals surface area contributed by atoms with Crippen molar-refractivity contribution in [1.82, 2.24) is 5.32 Å². The number of rotatable bonds is 5. The predicted octanol–water partition coefficient (Wildman–Crippen LogP) is 2.67. The fraction of sp³-hybridized carbons (Fsp3) is 0.458. The normalized spacial score (nSPS) is 22.6. The quantitative estimate of drug-likeness (QED) is 0.629. The van der Waals surface area contributed by atoms with Crippen molar-refractivity contribution in [3.8, 4) is 0 Å². The Morgan fingerprint density at radius 3 is 2.85 bits per heavy atom. The smallest absolute Gasteiger partial charge is 0.337 e. The van der Waals surface area contributed by atoms with Crippen LogP contribution in [0.1, 0.15) is 29.6 Å². The molecular weight excluding hydrogens is 422 g/mol. The fourth-order valence-corrected chi connectivity index (χ4v) is 3.97. The minimum Gasteiger partial charge on any atom is -0.493 e. The van der Waals surface area contributed by atoms with E-state index in [4.69, 9.17) is 9.47 Å². The van der Waals surface area contributed by atoms with E-state index in [1.807, 2.05) is 35.3 Å². The highest BCUT2D eigenvalue weighted by molar-refractivity contribution is 6.01. The number of aliphatic imine (C=N–C) groups is 2. The van der Waals surface area contributed by atoms with Crippen molar-refractivity contribution in [1.29, 1.82) is 0 Å². The monoisotopic (exact) mass is 453 g/mol. The predicted molar refractivity (Wildman–Crippen MR) is 130 cm³/mol. The zero-order valence-electron chi connectivity index (χ0n) is 18.7. The molecule has 3 N–H and O–H groups in total. The number of ether oxygens (including phenoxy) is 2. The van der Waals surface area contributed by atoms with E-state index in [0.29, 0.717) is 56.6 Å². The van der Waals surface area contributed by atoms with Crippen LogP contribution < -0.4 is 15.5 Å². The first-order valence-corrected chi connectivity index (χ1v) is 11.5. The van der Waals surface area contributed by atoms with Gasteiger partial charge in [0.15, 0.2) is 0 Å². The van der Waals surface area contributed by atoms with Crippen LogP contribution in [0.25, 0.3) is 0 Å². The molecule has 4 rings (SSSR count). The first kappa shape index (κ1) is 23.0. The molecule has 0 radical (unpaired) electrons. The number of piperidine rings is 1. The first-order chi connectivity index (χ1) is 16.2. The summed E-state index contributed by atoms with van der Waals surface area (Å²) in [6.45, 7) is 4.79. The van der Waals surface area contributed by atoms with Crippen LogP contribution >= 0.6 is 0 Å². The van der Waals surface area contributed by atoms with Gasteiger partial charge < -0.3 is 30.1 Å². The number of carboxylic acid groups (broad SMARTS) is 1. The van der Waals surface area contributed by atoms with Crippen LogP contribution in [0, 0.1) is 0 Å². The van der Waals surface area contributed by atoms with E-state index >= 15 is 0 Å². The van der Waals surface area contributed by atoms with E-state index in [1.165, 1.54) is 0 Å². The molecule has 33 heavy (non-hydrogen) atoms. The first-order valence-electron chi connectivity index (χ1n) is 11.5. The SMILES string of the molecule is O=C(O)c1cc(NC2=NC/C(OC3CCNCC3)=C\C=C/CC=N2)ccc1N1CCOCC1. The van der Waals surface area contributed by atoms with Crippen molar-refractivity contribution in [2.45, 2.75) is 25.4 Å². The van der Waals surface area contributed by atoms with Gasteiger partial charge >= 0.3 is 5.97 Å². The molecule has 0 amide bonds. The Bertz CT molecular complexity index is 944. The molecule has 0 bridgehead atoms. The summed E-state index contributed by atoms with van der Waals surface area (Å²) in [6.07, 6.45) is 10.5. The number of aromatic carboxylic acids is 1. The van der Waals surface area contributed by atoms with Gasteiger partial charge in [-0.05, 0) is 50.2 Å². The Morgan fingerprint density at radius 2 is 2.06 bits per heavy atom. The van der Waals surface area contributed by atoms with E-state index in [-0.39, 0.29) is 11.7 Å². The molecule has 1 aromatic rings. The number of anilines is 2. The van der Waals surface area contributed by atoms with Crippen molar-refractivity contribution in [3.05, 3.63) is 47.7 Å². The largest absolute Gasteiger partial charge is 0.493 e. The maximum atomic E-state index is 11.9. The lowest BCUT2D eigenvalue weighted by molar-refractivity contribution is 0.0696. The number of carboxylic acids is 1. The van der Waals surface area contributed by atoms with Crippen molar-refractivity contribution in [2.75, 3.05) is 56.2 Å². The molecule has 1 aromatic carbocycles. The minimum atomic E-state index is -0.970. The van der Waals surface area contributed by atoms with E-state index in [9.17, 15) is 9.90 Å². The number of nitrogens with zero attached hydrogens (tertiary/aromatic N) is 3. The van der Waals surface area contributed by atoms with Crippen molar-refractivity contribution in [2.24, 2.45) is 9.98 Å². The molecular formula is C24H31N5O4. The average molecular weight is 454 g/mol. The highest BCUT2D eigenvalue weighted by Crippen LogP contribution is 2.25. The number of hydrogen-bond donors (Lipinski definition) is 3. The Morgan fingerprint density at radius 1 is 1.24 bits per heavy atom. The van der Waals surface area contributed by atoms with Crippen LogP contribution in [0.3, 0.4) is 0 Å². The van der Waals surface area contributed by atoms with Gasteiger partial charge in [-0.3, -0.25) is 0 Å². The standard InChI is InChI=1S/C24H31N5O4/c30-23(31)21-16-18(5-6-22(21)29-12-14-32-15-13-29)28-24-26-9-3-1-2-4-20(17-27-24)33-19-7-10-25-11-8-19/h1-2,4-6,9,16,19,25H,3,7-8,10-15,17H2,(H,27,28)(H,30,31)/b2-1-,20-4+,26-9?. The van der Waals surface area contributed by atoms with Crippen LogP contribution in [0.4, 0.5) is 11.4 Å². The summed E-state index contributed by atoms with van der Waals surface area (Å²) in [6, 6.07) is 5.32. The number of nitrogens with one attached hydrogen (secondary N) is 2. The zero-order chi connectivity index (χ0) is 22.9. The van der Waals surface area contributed by atoms with E-state index in [0.717, 1.165) is 31.7 Å². The summed E-state index contributed by atoms with van der Waals surface area (Å²) in [5, 5.41) is 16.3. The molecule has 0 unspecified atom stereocenters. The van der Waals surface area contributed by atoms with E-state index < -0.39 is 5.97 Å². The second-order valence-corrected chi connectivity index (χ2v) is 8.08. The molecule has 176 valence electrons. The van der Waals surface area contributed by atoms with E-state index in [1.54, 1.807) is 12.3 Å². The van der Waals surface area contributed by atoms with Gasteiger partial charge in [0.1, 0.15) is 18.4 Å². The molecule has 3 heterocycles. The molecule has 9 heteroatoms. The summed E-state index contributed by atoms with van der Waals surface area (Å²) >= 11 is 0. The number of hydrogen-bond acceptors (Lipinski definition) is 8. The van der Waals surface area contributed by atoms with Gasteiger partial charge in [0, 0.05) is 31.4 Å². The van der Waals surface area contributed by atoms with Gasteiger partial charge in [-0.25, -0.2) is 14.8 Å². The van der Waals surface area contributed by atoms with E-state index in [2.05, 4.69) is 20.6 Å². The van der Waals surface area contributed by atoms with Gasteiger partial charge in [-0.15, -0.1) is 0 Å². The van der Waals surface area contributed by atoms with Crippen LogP contribution in [0.15, 0.2) is 52.2 Å². The van der Waals surface area contributed by atoms with Gasteiger partial charge in [-0.2, -0.15) is 0 Å². The molecule has 0 spiro atoms. The van der Waals surface area contributed by atoms with Gasteiger partial charge in [0.25, 0.3) is 0 Å². The van der Waals surface area contributed by atoms with Crippen molar-refractivity contribution >= 4 is 29.5 Å². The highest BCUT2D eigenvalue weighted by Gasteiger charge is 2.19. The van der Waals surface area contributed by atoms with Gasteiger partial charge in [0.05, 0.1) is 24.5 Å². The Kier molecular flexibility index (Phi) is 8.10. The molecule has 2 saturated heterocycles. The molecule has 3 aliphatic rings. The maximum Gasteiger partial charge on any atom is 0.337 e. The number of carbonyl (C=O) groups is 1. The third-order valence-electron chi connectivity index (χ3n) is 5.70. The molecule has 2 fully saturated rings. The Hall–Kier alpha value is -3.17. The maximum absolute atomic E-state index is 11.9. The van der Waals surface area contributed by atoms with Crippen LogP contribution in [0.5, 0.6) is 0 Å². The van der Waals surface area contributed by atoms with Crippen LogP contribution in [-0.4, -0.2) is 75.3 Å². The lowest BCUT2D eigenvalue weighted by atomic mass is 10.1. The molecule has 0 aromatic heterocycles. The number of allylic oxidation sites excluding steroid dienone is 3. The summed E-state index contributed by atoms with van der Waals surface area (Å²) in [5.74, 6) is 0.242.